The average Bonchev–Trinajstić information content (AvgIpc) is 2.20. The van der Waals surface area contributed by atoms with Gasteiger partial charge in [0.25, 0.3) is 0 Å². The zero-order valence-electron chi connectivity index (χ0n) is 8.31. The highest BCUT2D eigenvalue weighted by molar-refractivity contribution is 5.92. The Labute approximate surface area is 96.4 Å². The van der Waals surface area contributed by atoms with Gasteiger partial charge in [-0.25, -0.2) is 13.2 Å². The van der Waals surface area contributed by atoms with Gasteiger partial charge >= 0.3 is 0 Å². The van der Waals surface area contributed by atoms with Crippen LogP contribution in [0.4, 0.5) is 18.9 Å². The number of hydrogen-bond donors (Lipinski definition) is 2. The maximum absolute atomic E-state index is 13.0. The minimum atomic E-state index is -1.60. The molecular formula is C9H10ClF3N2O. The molecule has 0 spiro atoms. The van der Waals surface area contributed by atoms with Gasteiger partial charge in [0, 0.05) is 0 Å². The molecule has 0 fully saturated rings. The van der Waals surface area contributed by atoms with E-state index in [-0.39, 0.29) is 24.6 Å². The fourth-order valence-corrected chi connectivity index (χ4v) is 0.977. The van der Waals surface area contributed by atoms with E-state index in [1.807, 2.05) is 0 Å². The van der Waals surface area contributed by atoms with Gasteiger partial charge in [-0.15, -0.1) is 12.4 Å². The van der Waals surface area contributed by atoms with Gasteiger partial charge in [-0.3, -0.25) is 4.79 Å². The fourth-order valence-electron chi connectivity index (χ4n) is 0.977. The molecule has 0 radical (unpaired) electrons. The van der Waals surface area contributed by atoms with Crippen LogP contribution >= 0.6 is 12.4 Å². The SMILES string of the molecule is CNCC(=O)Nc1ccc(F)c(F)c1F.Cl. The molecule has 0 aliphatic rings. The summed E-state index contributed by atoms with van der Waals surface area (Å²) in [5, 5.41) is 4.63. The van der Waals surface area contributed by atoms with Crippen LogP contribution in [-0.4, -0.2) is 19.5 Å². The lowest BCUT2D eigenvalue weighted by atomic mass is 10.3. The Bertz CT molecular complexity index is 387. The van der Waals surface area contributed by atoms with Crippen molar-refractivity contribution in [1.82, 2.24) is 5.32 Å². The van der Waals surface area contributed by atoms with Crippen LogP contribution in [-0.2, 0) is 4.79 Å². The summed E-state index contributed by atoms with van der Waals surface area (Å²) in [5.74, 6) is -4.83. The van der Waals surface area contributed by atoms with Gasteiger partial charge in [0.2, 0.25) is 5.91 Å². The second kappa shape index (κ2) is 6.34. The molecule has 7 heteroatoms. The first-order valence-electron chi connectivity index (χ1n) is 4.14. The number of nitrogens with one attached hydrogen (secondary N) is 2. The van der Waals surface area contributed by atoms with Gasteiger partial charge in [0.15, 0.2) is 17.5 Å². The van der Waals surface area contributed by atoms with Crippen molar-refractivity contribution in [2.24, 2.45) is 0 Å². The third-order valence-electron chi connectivity index (χ3n) is 1.65. The summed E-state index contributed by atoms with van der Waals surface area (Å²) in [4.78, 5) is 11.0. The molecule has 0 aromatic heterocycles. The predicted octanol–water partition coefficient (Wildman–Crippen LogP) is 1.68. The molecule has 1 aromatic carbocycles. The van der Waals surface area contributed by atoms with E-state index >= 15 is 0 Å². The smallest absolute Gasteiger partial charge is 0.238 e. The summed E-state index contributed by atoms with van der Waals surface area (Å²) in [6.07, 6.45) is 0. The van der Waals surface area contributed by atoms with Crippen molar-refractivity contribution >= 4 is 24.0 Å². The van der Waals surface area contributed by atoms with Gasteiger partial charge in [-0.1, -0.05) is 0 Å². The highest BCUT2D eigenvalue weighted by atomic mass is 35.5. The van der Waals surface area contributed by atoms with Crippen molar-refractivity contribution in [3.8, 4) is 0 Å². The molecule has 0 heterocycles. The minimum absolute atomic E-state index is 0. The monoisotopic (exact) mass is 254 g/mol. The molecular weight excluding hydrogens is 245 g/mol. The minimum Gasteiger partial charge on any atom is -0.322 e. The lowest BCUT2D eigenvalue weighted by Gasteiger charge is -2.06. The Balaban J connectivity index is 0.00000225. The van der Waals surface area contributed by atoms with Crippen LogP contribution < -0.4 is 10.6 Å². The molecule has 90 valence electrons. The van der Waals surface area contributed by atoms with E-state index in [4.69, 9.17) is 0 Å². The molecule has 1 rings (SSSR count). The summed E-state index contributed by atoms with van der Waals surface area (Å²) >= 11 is 0. The van der Waals surface area contributed by atoms with Crippen LogP contribution in [0.1, 0.15) is 0 Å². The van der Waals surface area contributed by atoms with Crippen LogP contribution in [0.15, 0.2) is 12.1 Å². The van der Waals surface area contributed by atoms with E-state index in [0.29, 0.717) is 0 Å². The summed E-state index contributed by atoms with van der Waals surface area (Å²) in [7, 11) is 1.53. The number of carbonyl (C=O) groups excluding carboxylic acids is 1. The molecule has 16 heavy (non-hydrogen) atoms. The van der Waals surface area contributed by atoms with Gasteiger partial charge < -0.3 is 10.6 Å². The van der Waals surface area contributed by atoms with E-state index in [2.05, 4.69) is 10.6 Å². The molecule has 0 saturated heterocycles. The zero-order valence-corrected chi connectivity index (χ0v) is 9.13. The van der Waals surface area contributed by atoms with Gasteiger partial charge in [-0.2, -0.15) is 0 Å². The molecule has 1 amide bonds. The Morgan fingerprint density at radius 1 is 1.25 bits per heavy atom. The summed E-state index contributed by atoms with van der Waals surface area (Å²) in [6.45, 7) is -0.0432. The van der Waals surface area contributed by atoms with Crippen molar-refractivity contribution in [2.75, 3.05) is 18.9 Å². The second-order valence-electron chi connectivity index (χ2n) is 2.80. The van der Waals surface area contributed by atoms with E-state index in [0.717, 1.165) is 12.1 Å². The van der Waals surface area contributed by atoms with E-state index < -0.39 is 23.4 Å². The van der Waals surface area contributed by atoms with Gasteiger partial charge in [0.1, 0.15) is 0 Å². The van der Waals surface area contributed by atoms with Gasteiger partial charge in [0.05, 0.1) is 12.2 Å². The van der Waals surface area contributed by atoms with Crippen LogP contribution in [0.2, 0.25) is 0 Å². The molecule has 0 unspecified atom stereocenters. The van der Waals surface area contributed by atoms with Crippen LogP contribution in [0.3, 0.4) is 0 Å². The normalized spacial score (nSPS) is 9.50. The number of rotatable bonds is 3. The Morgan fingerprint density at radius 3 is 2.44 bits per heavy atom. The van der Waals surface area contributed by atoms with Crippen molar-refractivity contribution in [3.63, 3.8) is 0 Å². The molecule has 0 aliphatic carbocycles. The quantitative estimate of drug-likeness (QED) is 0.806. The number of amides is 1. The van der Waals surface area contributed by atoms with Crippen molar-refractivity contribution < 1.29 is 18.0 Å². The molecule has 3 nitrogen and oxygen atoms in total. The topological polar surface area (TPSA) is 41.1 Å². The summed E-state index contributed by atoms with van der Waals surface area (Å²) in [5.41, 5.74) is -0.380. The third kappa shape index (κ3) is 3.39. The molecule has 2 N–H and O–H groups in total. The second-order valence-corrected chi connectivity index (χ2v) is 2.80. The molecule has 0 atom stereocenters. The lowest BCUT2D eigenvalue weighted by Crippen LogP contribution is -2.25. The third-order valence-corrected chi connectivity index (χ3v) is 1.65. The van der Waals surface area contributed by atoms with E-state index in [1.165, 1.54) is 7.05 Å². The predicted molar refractivity (Wildman–Crippen MR) is 56.1 cm³/mol. The Kier molecular flexibility index (Phi) is 5.84. The fraction of sp³-hybridized carbons (Fsp3) is 0.222. The largest absolute Gasteiger partial charge is 0.322 e. The zero-order chi connectivity index (χ0) is 11.4. The van der Waals surface area contributed by atoms with Gasteiger partial charge in [-0.05, 0) is 19.2 Å². The number of halogens is 4. The van der Waals surface area contributed by atoms with E-state index in [9.17, 15) is 18.0 Å². The molecule has 0 aliphatic heterocycles. The summed E-state index contributed by atoms with van der Waals surface area (Å²) < 4.78 is 38.2. The first kappa shape index (κ1) is 14.7. The first-order valence-corrected chi connectivity index (χ1v) is 4.14. The van der Waals surface area contributed by atoms with Crippen LogP contribution in [0.5, 0.6) is 0 Å². The van der Waals surface area contributed by atoms with Crippen molar-refractivity contribution in [1.29, 1.82) is 0 Å². The van der Waals surface area contributed by atoms with Crippen LogP contribution in [0, 0.1) is 17.5 Å². The highest BCUT2D eigenvalue weighted by Crippen LogP contribution is 2.19. The molecule has 1 aromatic rings. The molecule has 0 saturated carbocycles. The number of hydrogen-bond acceptors (Lipinski definition) is 2. The Morgan fingerprint density at radius 2 is 1.88 bits per heavy atom. The average molecular weight is 255 g/mol. The number of benzene rings is 1. The van der Waals surface area contributed by atoms with Crippen LogP contribution in [0.25, 0.3) is 0 Å². The van der Waals surface area contributed by atoms with E-state index in [1.54, 1.807) is 0 Å². The maximum Gasteiger partial charge on any atom is 0.238 e. The number of anilines is 1. The van der Waals surface area contributed by atoms with Crippen molar-refractivity contribution in [2.45, 2.75) is 0 Å². The Hall–Kier alpha value is -1.27. The lowest BCUT2D eigenvalue weighted by molar-refractivity contribution is -0.115. The maximum atomic E-state index is 13.0. The first-order chi connectivity index (χ1) is 7.06. The summed E-state index contributed by atoms with van der Waals surface area (Å²) in [6, 6.07) is 1.70. The van der Waals surface area contributed by atoms with Crippen molar-refractivity contribution in [3.05, 3.63) is 29.6 Å². The highest BCUT2D eigenvalue weighted by Gasteiger charge is 2.14. The molecule has 0 bridgehead atoms. The number of carbonyl (C=O) groups is 1. The number of likely N-dealkylation sites (N-methyl/N-ethyl adjacent to an activating group) is 1. The standard InChI is InChI=1S/C9H9F3N2O.ClH/c1-13-4-7(15)14-6-3-2-5(10)8(11)9(6)12;/h2-3,13H,4H2,1H3,(H,14,15);1H.